The lowest BCUT2D eigenvalue weighted by Crippen LogP contribution is -2.30. The first-order valence-electron chi connectivity index (χ1n) is 12.6. The molecule has 2 aromatic carbocycles. The van der Waals surface area contributed by atoms with E-state index >= 15 is 0 Å². The van der Waals surface area contributed by atoms with E-state index in [2.05, 4.69) is 5.32 Å². The van der Waals surface area contributed by atoms with E-state index in [1.54, 1.807) is 36.4 Å². The number of benzene rings is 2. The molecule has 0 aliphatic heterocycles. The van der Waals surface area contributed by atoms with Crippen molar-refractivity contribution in [2.24, 2.45) is 17.2 Å². The predicted octanol–water partition coefficient (Wildman–Crippen LogP) is 3.19. The summed E-state index contributed by atoms with van der Waals surface area (Å²) in [5.41, 5.74) is 18.1. The average molecular weight is 531 g/mol. The van der Waals surface area contributed by atoms with Crippen LogP contribution in [-0.2, 0) is 20.8 Å². The van der Waals surface area contributed by atoms with E-state index in [1.165, 1.54) is 39.0 Å². The van der Waals surface area contributed by atoms with Crippen molar-refractivity contribution in [2.75, 3.05) is 11.9 Å². The number of aldehydes is 1. The van der Waals surface area contributed by atoms with Crippen LogP contribution in [0.25, 0.3) is 0 Å². The van der Waals surface area contributed by atoms with Crippen LogP contribution < -0.4 is 22.5 Å². The number of nitrogens with two attached hydrogens (primary N) is 3. The summed E-state index contributed by atoms with van der Waals surface area (Å²) < 4.78 is 0. The summed E-state index contributed by atoms with van der Waals surface area (Å²) in [4.78, 5) is 41.0. The minimum atomic E-state index is -0.955. The highest BCUT2D eigenvalue weighted by atomic mass is 16.4. The first kappa shape index (κ1) is 34.4. The minimum Gasteiger partial charge on any atom is -0.481 e. The van der Waals surface area contributed by atoms with Gasteiger partial charge in [0.1, 0.15) is 12.3 Å². The molecular weight excluding hydrogens is 488 g/mol. The van der Waals surface area contributed by atoms with Crippen molar-refractivity contribution in [1.29, 1.82) is 0 Å². The number of nitrogens with one attached hydrogen (secondary N) is 1. The van der Waals surface area contributed by atoms with Crippen LogP contribution >= 0.6 is 0 Å². The Bertz CT molecular complexity index is 932. The molecule has 210 valence electrons. The van der Waals surface area contributed by atoms with Crippen molar-refractivity contribution in [3.63, 3.8) is 0 Å². The van der Waals surface area contributed by atoms with Gasteiger partial charge in [-0.1, -0.05) is 49.6 Å². The predicted molar refractivity (Wildman–Crippen MR) is 149 cm³/mol. The summed E-state index contributed by atoms with van der Waals surface area (Å²) in [6.07, 6.45) is 8.67. The summed E-state index contributed by atoms with van der Waals surface area (Å²) in [6, 6.07) is 15.6. The Hall–Kier alpha value is -3.60. The van der Waals surface area contributed by atoms with Crippen molar-refractivity contribution in [3.05, 3.63) is 65.7 Å². The standard InChI is InChI=1S/C9H9NO2.C8H8O2.C6H13N.C5H12N2O2/c1-7(12)10-9-4-2-8(6-11)3-5-9;9-8(10)6-7-4-2-1-3-5-7;7-6-4-2-1-3-5-6;6-3-1-2-4(7)5(8)9/h2-6H,1H3,(H,10,12);1-5H,6H2,(H,9,10);6H,1-5,7H2;4H,1-3,6-7H2,(H,8,9)/t;;;4-/m...0/s1. The van der Waals surface area contributed by atoms with Crippen LogP contribution in [0.1, 0.15) is 67.8 Å². The molecule has 10 heteroatoms. The molecule has 3 rings (SSSR count). The van der Waals surface area contributed by atoms with Crippen molar-refractivity contribution in [1.82, 2.24) is 0 Å². The smallest absolute Gasteiger partial charge is 0.320 e. The Morgan fingerprint density at radius 3 is 1.97 bits per heavy atom. The van der Waals surface area contributed by atoms with Gasteiger partial charge in [0.05, 0.1) is 6.42 Å². The number of hydrogen-bond donors (Lipinski definition) is 6. The summed E-state index contributed by atoms with van der Waals surface area (Å²) in [5.74, 6) is -1.86. The molecule has 38 heavy (non-hydrogen) atoms. The monoisotopic (exact) mass is 530 g/mol. The summed E-state index contributed by atoms with van der Waals surface area (Å²) in [5, 5.41) is 19.2. The van der Waals surface area contributed by atoms with Crippen LogP contribution in [-0.4, -0.2) is 53.0 Å². The van der Waals surface area contributed by atoms with Gasteiger partial charge >= 0.3 is 11.9 Å². The largest absolute Gasteiger partial charge is 0.481 e. The number of carbonyl (C=O) groups is 4. The Labute approximate surface area is 224 Å². The van der Waals surface area contributed by atoms with E-state index in [1.807, 2.05) is 18.2 Å². The van der Waals surface area contributed by atoms with Gasteiger partial charge in [-0.05, 0) is 62.1 Å². The molecule has 1 amide bonds. The number of carbonyl (C=O) groups excluding carboxylic acids is 2. The Morgan fingerprint density at radius 1 is 1.00 bits per heavy atom. The Kier molecular flexibility index (Phi) is 19.4. The molecule has 1 aliphatic carbocycles. The maximum absolute atomic E-state index is 10.6. The van der Waals surface area contributed by atoms with Crippen molar-refractivity contribution in [3.8, 4) is 0 Å². The number of carboxylic acid groups (broad SMARTS) is 2. The molecule has 0 heterocycles. The second-order valence-corrected chi connectivity index (χ2v) is 8.75. The van der Waals surface area contributed by atoms with Gasteiger partial charge < -0.3 is 32.7 Å². The van der Waals surface area contributed by atoms with Gasteiger partial charge in [0.2, 0.25) is 5.91 Å². The number of carboxylic acids is 2. The lowest BCUT2D eigenvalue weighted by Gasteiger charge is -2.15. The molecule has 1 atom stereocenters. The highest BCUT2D eigenvalue weighted by Gasteiger charge is 2.09. The Morgan fingerprint density at radius 2 is 1.58 bits per heavy atom. The van der Waals surface area contributed by atoms with Gasteiger partial charge in [-0.2, -0.15) is 0 Å². The highest BCUT2D eigenvalue weighted by molar-refractivity contribution is 5.89. The molecule has 0 saturated heterocycles. The Balaban J connectivity index is 0.000000489. The van der Waals surface area contributed by atoms with Gasteiger partial charge in [0.15, 0.2) is 0 Å². The van der Waals surface area contributed by atoms with Crippen LogP contribution in [0.4, 0.5) is 5.69 Å². The highest BCUT2D eigenvalue weighted by Crippen LogP contribution is 2.14. The summed E-state index contributed by atoms with van der Waals surface area (Å²) in [6.45, 7) is 1.94. The lowest BCUT2D eigenvalue weighted by molar-refractivity contribution is -0.139. The van der Waals surface area contributed by atoms with Crippen molar-refractivity contribution in [2.45, 2.75) is 70.4 Å². The maximum atomic E-state index is 10.6. The zero-order valence-corrected chi connectivity index (χ0v) is 22.1. The van der Waals surface area contributed by atoms with Crippen molar-refractivity contribution < 1.29 is 29.4 Å². The first-order valence-corrected chi connectivity index (χ1v) is 12.6. The fraction of sp³-hybridized carbons (Fsp3) is 0.429. The van der Waals surface area contributed by atoms with E-state index < -0.39 is 18.0 Å². The van der Waals surface area contributed by atoms with E-state index in [-0.39, 0.29) is 12.3 Å². The van der Waals surface area contributed by atoms with Crippen LogP contribution in [0, 0.1) is 0 Å². The van der Waals surface area contributed by atoms with Gasteiger partial charge in [-0.3, -0.25) is 19.2 Å². The fourth-order valence-corrected chi connectivity index (χ4v) is 3.21. The average Bonchev–Trinajstić information content (AvgIpc) is 2.89. The molecule has 0 radical (unpaired) electrons. The molecule has 0 spiro atoms. The van der Waals surface area contributed by atoms with Crippen LogP contribution in [0.5, 0.6) is 0 Å². The molecule has 10 nitrogen and oxygen atoms in total. The van der Waals surface area contributed by atoms with E-state index in [0.717, 1.165) is 11.8 Å². The number of amides is 1. The number of aliphatic carboxylic acids is 2. The summed E-state index contributed by atoms with van der Waals surface area (Å²) >= 11 is 0. The molecule has 0 bridgehead atoms. The third kappa shape index (κ3) is 19.6. The minimum absolute atomic E-state index is 0.112. The number of anilines is 1. The molecule has 2 aromatic rings. The van der Waals surface area contributed by atoms with Crippen LogP contribution in [0.15, 0.2) is 54.6 Å². The third-order valence-electron chi connectivity index (χ3n) is 5.25. The van der Waals surface area contributed by atoms with Gasteiger partial charge in [0, 0.05) is 24.2 Å². The zero-order valence-electron chi connectivity index (χ0n) is 22.1. The quantitative estimate of drug-likeness (QED) is 0.277. The fourth-order valence-electron chi connectivity index (χ4n) is 3.21. The van der Waals surface area contributed by atoms with E-state index in [4.69, 9.17) is 27.4 Å². The number of rotatable bonds is 8. The van der Waals surface area contributed by atoms with E-state index in [0.29, 0.717) is 36.7 Å². The van der Waals surface area contributed by atoms with Gasteiger partial charge in [-0.15, -0.1) is 0 Å². The molecule has 1 fully saturated rings. The first-order chi connectivity index (χ1) is 18.1. The molecule has 1 aliphatic rings. The number of hydrogen-bond acceptors (Lipinski definition) is 7. The van der Waals surface area contributed by atoms with E-state index in [9.17, 15) is 19.2 Å². The van der Waals surface area contributed by atoms with Gasteiger partial charge in [0.25, 0.3) is 0 Å². The molecular formula is C28H42N4O6. The molecule has 0 aromatic heterocycles. The molecule has 1 saturated carbocycles. The second kappa shape index (κ2) is 21.5. The normalized spacial score (nSPS) is 13.1. The van der Waals surface area contributed by atoms with Crippen molar-refractivity contribution >= 4 is 29.8 Å². The topological polar surface area (TPSA) is 199 Å². The second-order valence-electron chi connectivity index (χ2n) is 8.75. The lowest BCUT2D eigenvalue weighted by atomic mass is 9.97. The SMILES string of the molecule is CC(=O)Nc1ccc(C=O)cc1.NC1CCCCC1.NCCC[C@H](N)C(=O)O.O=C(O)Cc1ccccc1. The van der Waals surface area contributed by atoms with Gasteiger partial charge in [-0.25, -0.2) is 0 Å². The zero-order chi connectivity index (χ0) is 28.8. The van der Waals surface area contributed by atoms with Crippen LogP contribution in [0.3, 0.4) is 0 Å². The molecule has 9 N–H and O–H groups in total. The molecule has 0 unspecified atom stereocenters. The summed E-state index contributed by atoms with van der Waals surface area (Å²) in [7, 11) is 0. The third-order valence-corrected chi connectivity index (χ3v) is 5.25. The maximum Gasteiger partial charge on any atom is 0.320 e. The van der Waals surface area contributed by atoms with Crippen LogP contribution in [0.2, 0.25) is 0 Å².